The number of carbonyl (C=O) groups excluding carboxylic acids is 1. The number of carbonyl (C=O) groups is 1. The third-order valence-electron chi connectivity index (χ3n) is 4.64. The van der Waals surface area contributed by atoms with Crippen molar-refractivity contribution in [2.24, 2.45) is 0 Å². The molecule has 8 nitrogen and oxygen atoms in total. The van der Waals surface area contributed by atoms with Crippen LogP contribution in [-0.2, 0) is 17.9 Å². The average Bonchev–Trinajstić information content (AvgIpc) is 3.35. The van der Waals surface area contributed by atoms with Gasteiger partial charge < -0.3 is 14.8 Å². The number of likely N-dealkylation sites (tertiary alicyclic amines) is 1. The molecule has 0 bridgehead atoms. The van der Waals surface area contributed by atoms with E-state index >= 15 is 0 Å². The molecule has 4 rings (SSSR count). The predicted octanol–water partition coefficient (Wildman–Crippen LogP) is 0.788. The molecule has 1 atom stereocenters. The van der Waals surface area contributed by atoms with Gasteiger partial charge in [-0.1, -0.05) is 6.07 Å². The van der Waals surface area contributed by atoms with Gasteiger partial charge in [-0.25, -0.2) is 4.98 Å². The first-order chi connectivity index (χ1) is 12.3. The van der Waals surface area contributed by atoms with E-state index in [1.807, 2.05) is 22.9 Å². The van der Waals surface area contributed by atoms with Crippen molar-refractivity contribution < 1.29 is 14.3 Å². The van der Waals surface area contributed by atoms with Gasteiger partial charge in [-0.05, 0) is 37.1 Å². The van der Waals surface area contributed by atoms with Crippen molar-refractivity contribution >= 4 is 5.91 Å². The molecule has 0 aliphatic carbocycles. The summed E-state index contributed by atoms with van der Waals surface area (Å²) in [6.45, 7) is 2.86. The van der Waals surface area contributed by atoms with Crippen LogP contribution >= 0.6 is 0 Å². The molecule has 132 valence electrons. The van der Waals surface area contributed by atoms with Crippen molar-refractivity contribution in [2.75, 3.05) is 19.9 Å². The minimum absolute atomic E-state index is 0.0307. The second-order valence-electron chi connectivity index (χ2n) is 6.35. The van der Waals surface area contributed by atoms with E-state index in [4.69, 9.17) is 9.47 Å². The van der Waals surface area contributed by atoms with Crippen LogP contribution in [0.4, 0.5) is 0 Å². The summed E-state index contributed by atoms with van der Waals surface area (Å²) in [4.78, 5) is 18.5. The smallest absolute Gasteiger partial charge is 0.234 e. The van der Waals surface area contributed by atoms with Gasteiger partial charge in [0.1, 0.15) is 12.7 Å². The number of hydrogen-bond donors (Lipinski definition) is 1. The number of hydrogen-bond acceptors (Lipinski definition) is 6. The maximum Gasteiger partial charge on any atom is 0.234 e. The van der Waals surface area contributed by atoms with E-state index in [2.05, 4.69) is 20.3 Å². The first-order valence-corrected chi connectivity index (χ1v) is 8.49. The van der Waals surface area contributed by atoms with E-state index in [0.29, 0.717) is 19.1 Å². The molecule has 3 heterocycles. The highest BCUT2D eigenvalue weighted by molar-refractivity contribution is 5.78. The molecule has 8 heteroatoms. The van der Waals surface area contributed by atoms with Gasteiger partial charge in [0.15, 0.2) is 11.5 Å². The van der Waals surface area contributed by atoms with E-state index in [1.165, 1.54) is 6.33 Å². The van der Waals surface area contributed by atoms with Crippen LogP contribution in [-0.4, -0.2) is 51.5 Å². The number of benzene rings is 1. The van der Waals surface area contributed by atoms with Crippen LogP contribution in [0, 0.1) is 0 Å². The monoisotopic (exact) mass is 343 g/mol. The van der Waals surface area contributed by atoms with Crippen molar-refractivity contribution in [1.82, 2.24) is 25.0 Å². The molecule has 1 N–H and O–H groups in total. The van der Waals surface area contributed by atoms with Crippen LogP contribution in [0.25, 0.3) is 0 Å². The van der Waals surface area contributed by atoms with Gasteiger partial charge in [0, 0.05) is 12.6 Å². The Morgan fingerprint density at radius 1 is 1.32 bits per heavy atom. The first-order valence-electron chi connectivity index (χ1n) is 8.49. The Bertz CT molecular complexity index is 734. The van der Waals surface area contributed by atoms with E-state index in [0.717, 1.165) is 43.0 Å². The summed E-state index contributed by atoms with van der Waals surface area (Å²) in [5.41, 5.74) is 0.998. The van der Waals surface area contributed by atoms with Crippen LogP contribution in [0.5, 0.6) is 11.5 Å². The summed E-state index contributed by atoms with van der Waals surface area (Å²) in [5.74, 6) is 1.52. The second-order valence-corrected chi connectivity index (χ2v) is 6.35. The maximum absolute atomic E-state index is 12.3. The summed E-state index contributed by atoms with van der Waals surface area (Å²) in [6.07, 6.45) is 5.44. The molecule has 1 amide bonds. The number of nitrogens with one attached hydrogen (secondary N) is 1. The highest BCUT2D eigenvalue weighted by atomic mass is 16.7. The number of ether oxygens (including phenoxy) is 2. The lowest BCUT2D eigenvalue weighted by molar-refractivity contribution is -0.122. The third kappa shape index (κ3) is 3.74. The fourth-order valence-electron chi connectivity index (χ4n) is 3.34. The number of aromatic nitrogens is 3. The van der Waals surface area contributed by atoms with Crippen LogP contribution in [0.15, 0.2) is 30.9 Å². The molecule has 2 aliphatic rings. The maximum atomic E-state index is 12.3. The molecular weight excluding hydrogens is 322 g/mol. The fourth-order valence-corrected chi connectivity index (χ4v) is 3.34. The molecule has 2 aliphatic heterocycles. The normalized spacial score (nSPS) is 19.3. The molecular formula is C17H21N5O3. The Morgan fingerprint density at radius 3 is 3.12 bits per heavy atom. The van der Waals surface area contributed by atoms with Gasteiger partial charge in [-0.15, -0.1) is 0 Å². The summed E-state index contributed by atoms with van der Waals surface area (Å²) < 4.78 is 12.5. The SMILES string of the molecule is O=C(CN1CCC[C@H]1Cn1cncn1)NCc1ccc2c(c1)OCO2. The van der Waals surface area contributed by atoms with Gasteiger partial charge in [0.2, 0.25) is 12.7 Å². The first kappa shape index (κ1) is 15.9. The molecule has 25 heavy (non-hydrogen) atoms. The number of amides is 1. The van der Waals surface area contributed by atoms with Crippen molar-refractivity contribution in [2.45, 2.75) is 32.0 Å². The summed E-state index contributed by atoms with van der Waals surface area (Å²) in [7, 11) is 0. The highest BCUT2D eigenvalue weighted by Crippen LogP contribution is 2.32. The number of nitrogens with zero attached hydrogens (tertiary/aromatic N) is 4. The summed E-state index contributed by atoms with van der Waals surface area (Å²) >= 11 is 0. The molecule has 1 aromatic heterocycles. The predicted molar refractivity (Wildman–Crippen MR) is 89.0 cm³/mol. The van der Waals surface area contributed by atoms with E-state index in [1.54, 1.807) is 6.33 Å². The summed E-state index contributed by atoms with van der Waals surface area (Å²) in [6, 6.07) is 6.06. The van der Waals surface area contributed by atoms with E-state index in [9.17, 15) is 4.79 Å². The molecule has 0 unspecified atom stereocenters. The molecule has 1 aromatic carbocycles. The lowest BCUT2D eigenvalue weighted by Gasteiger charge is -2.23. The van der Waals surface area contributed by atoms with Crippen molar-refractivity contribution in [3.05, 3.63) is 36.4 Å². The minimum Gasteiger partial charge on any atom is -0.454 e. The van der Waals surface area contributed by atoms with Gasteiger partial charge in [-0.2, -0.15) is 5.10 Å². The Morgan fingerprint density at radius 2 is 2.24 bits per heavy atom. The van der Waals surface area contributed by atoms with Crippen molar-refractivity contribution in [3.63, 3.8) is 0 Å². The Kier molecular flexibility index (Phi) is 4.51. The van der Waals surface area contributed by atoms with Crippen LogP contribution < -0.4 is 14.8 Å². The Hall–Kier alpha value is -2.61. The largest absolute Gasteiger partial charge is 0.454 e. The van der Waals surface area contributed by atoms with Crippen LogP contribution in [0.1, 0.15) is 18.4 Å². The number of fused-ring (bicyclic) bond motifs is 1. The Balaban J connectivity index is 1.28. The highest BCUT2D eigenvalue weighted by Gasteiger charge is 2.26. The minimum atomic E-state index is 0.0307. The van der Waals surface area contributed by atoms with Gasteiger partial charge in [0.05, 0.1) is 13.1 Å². The molecule has 1 saturated heterocycles. The van der Waals surface area contributed by atoms with E-state index < -0.39 is 0 Å². The van der Waals surface area contributed by atoms with E-state index in [-0.39, 0.29) is 12.7 Å². The number of rotatable bonds is 6. The zero-order chi connectivity index (χ0) is 17.1. The lowest BCUT2D eigenvalue weighted by Crippen LogP contribution is -2.41. The van der Waals surface area contributed by atoms with Gasteiger partial charge in [0.25, 0.3) is 0 Å². The van der Waals surface area contributed by atoms with Crippen molar-refractivity contribution in [1.29, 1.82) is 0 Å². The lowest BCUT2D eigenvalue weighted by atomic mass is 10.2. The summed E-state index contributed by atoms with van der Waals surface area (Å²) in [5, 5.41) is 7.14. The quantitative estimate of drug-likeness (QED) is 0.835. The molecule has 1 fully saturated rings. The Labute approximate surface area is 145 Å². The van der Waals surface area contributed by atoms with Gasteiger partial charge >= 0.3 is 0 Å². The average molecular weight is 343 g/mol. The topological polar surface area (TPSA) is 81.5 Å². The van der Waals surface area contributed by atoms with Gasteiger partial charge in [-0.3, -0.25) is 14.4 Å². The molecule has 2 aromatic rings. The van der Waals surface area contributed by atoms with Crippen LogP contribution in [0.3, 0.4) is 0 Å². The third-order valence-corrected chi connectivity index (χ3v) is 4.64. The zero-order valence-corrected chi connectivity index (χ0v) is 13.9. The second kappa shape index (κ2) is 7.10. The zero-order valence-electron chi connectivity index (χ0n) is 13.9. The molecule has 0 radical (unpaired) electrons. The van der Waals surface area contributed by atoms with Crippen LogP contribution in [0.2, 0.25) is 0 Å². The molecule has 0 spiro atoms. The van der Waals surface area contributed by atoms with Crippen molar-refractivity contribution in [3.8, 4) is 11.5 Å². The standard InChI is InChI=1S/C17H21N5O3/c23-17(19-7-13-3-4-15-16(6-13)25-12-24-15)9-21-5-1-2-14(21)8-22-11-18-10-20-22/h3-4,6,10-11,14H,1-2,5,7-9,12H2,(H,19,23)/t14-/m0/s1. The molecule has 0 saturated carbocycles. The fraction of sp³-hybridized carbons (Fsp3) is 0.471.